The number of hydrogen-bond acceptors (Lipinski definition) is 5. The molecule has 0 unspecified atom stereocenters. The van der Waals surface area contributed by atoms with Gasteiger partial charge in [-0.1, -0.05) is 62.4 Å². The maximum absolute atomic E-state index is 9.13. The van der Waals surface area contributed by atoms with Crippen LogP contribution in [0.15, 0.2) is 48.5 Å². The largest absolute Gasteiger partial charge is 0.488 e. The maximum Gasteiger partial charge on any atom is 0.188 e. The predicted octanol–water partition coefficient (Wildman–Crippen LogP) is 7.29. The molecule has 1 heterocycles. The van der Waals surface area contributed by atoms with Gasteiger partial charge in [0.1, 0.15) is 11.5 Å². The van der Waals surface area contributed by atoms with Crippen LogP contribution in [0.5, 0.6) is 5.75 Å². The lowest BCUT2D eigenvalue weighted by molar-refractivity contribution is 0.309. The van der Waals surface area contributed by atoms with Crippen molar-refractivity contribution < 1.29 is 4.74 Å². The summed E-state index contributed by atoms with van der Waals surface area (Å²) in [5.41, 5.74) is 4.60. The van der Waals surface area contributed by atoms with E-state index in [4.69, 9.17) is 20.0 Å². The summed E-state index contributed by atoms with van der Waals surface area (Å²) in [4.78, 5) is 10.1. The summed E-state index contributed by atoms with van der Waals surface area (Å²) in [6.45, 7) is 4.86. The molecular weight excluding hydrogens is 408 g/mol. The third kappa shape index (κ3) is 5.70. The zero-order chi connectivity index (χ0) is 23.0. The minimum atomic E-state index is 0.370. The third-order valence-corrected chi connectivity index (χ3v) is 6.20. The molecule has 1 N–H and O–H groups in total. The van der Waals surface area contributed by atoms with E-state index >= 15 is 0 Å². The highest BCUT2D eigenvalue weighted by atomic mass is 16.5. The summed E-state index contributed by atoms with van der Waals surface area (Å²) in [5.74, 6) is 2.65. The molecule has 5 heteroatoms. The van der Waals surface area contributed by atoms with E-state index in [1.54, 1.807) is 0 Å². The van der Waals surface area contributed by atoms with E-state index in [0.717, 1.165) is 48.5 Å². The van der Waals surface area contributed by atoms with Crippen LogP contribution < -0.4 is 10.1 Å². The number of benzene rings is 2. The minimum Gasteiger partial charge on any atom is -0.488 e. The first-order valence-corrected chi connectivity index (χ1v) is 12.1. The second-order valence-electron chi connectivity index (χ2n) is 8.83. The maximum atomic E-state index is 9.13. The molecule has 0 aliphatic heterocycles. The summed E-state index contributed by atoms with van der Waals surface area (Å²) in [6.07, 6.45) is 8.00. The summed E-state index contributed by atoms with van der Waals surface area (Å²) >= 11 is 0. The Balaban J connectivity index is 1.81. The molecule has 2 aromatic carbocycles. The average molecular weight is 441 g/mol. The molecule has 0 saturated heterocycles. The zero-order valence-electron chi connectivity index (χ0n) is 19.6. The van der Waals surface area contributed by atoms with E-state index in [-0.39, 0.29) is 0 Å². The Bertz CT molecular complexity index is 1090. The first-order chi connectivity index (χ1) is 16.2. The molecule has 1 fully saturated rings. The highest BCUT2D eigenvalue weighted by molar-refractivity contribution is 5.76. The number of nitriles is 1. The first-order valence-electron chi connectivity index (χ1n) is 12.1. The van der Waals surface area contributed by atoms with E-state index in [1.165, 1.54) is 24.8 Å². The van der Waals surface area contributed by atoms with Crippen molar-refractivity contribution >= 4 is 11.5 Å². The Morgan fingerprint density at radius 2 is 1.73 bits per heavy atom. The smallest absolute Gasteiger partial charge is 0.188 e. The van der Waals surface area contributed by atoms with Gasteiger partial charge in [0.05, 0.1) is 18.2 Å². The fourth-order valence-electron chi connectivity index (χ4n) is 4.22. The van der Waals surface area contributed by atoms with Crippen LogP contribution in [0.25, 0.3) is 11.3 Å². The lowest BCUT2D eigenvalue weighted by Gasteiger charge is -2.23. The van der Waals surface area contributed by atoms with Crippen molar-refractivity contribution in [3.63, 3.8) is 0 Å². The van der Waals surface area contributed by atoms with E-state index in [1.807, 2.05) is 24.3 Å². The number of anilines is 2. The highest BCUT2D eigenvalue weighted by Crippen LogP contribution is 2.39. The molecule has 1 aliphatic rings. The summed E-state index contributed by atoms with van der Waals surface area (Å²) in [7, 11) is 0. The fraction of sp³-hybridized carbons (Fsp3) is 0.393. The molecule has 4 rings (SSSR count). The fourth-order valence-corrected chi connectivity index (χ4v) is 4.22. The van der Waals surface area contributed by atoms with E-state index in [2.05, 4.69) is 49.5 Å². The number of rotatable bonds is 8. The van der Waals surface area contributed by atoms with E-state index in [9.17, 15) is 0 Å². The van der Waals surface area contributed by atoms with E-state index in [0.29, 0.717) is 29.7 Å². The van der Waals surface area contributed by atoms with Crippen LogP contribution in [-0.4, -0.2) is 16.6 Å². The van der Waals surface area contributed by atoms with Gasteiger partial charge in [0, 0.05) is 17.2 Å². The Labute approximate surface area is 196 Å². The molecule has 33 heavy (non-hydrogen) atoms. The van der Waals surface area contributed by atoms with Crippen LogP contribution in [0.2, 0.25) is 0 Å². The van der Waals surface area contributed by atoms with Gasteiger partial charge in [-0.2, -0.15) is 5.26 Å². The van der Waals surface area contributed by atoms with Gasteiger partial charge in [0.2, 0.25) is 0 Å². The second-order valence-corrected chi connectivity index (χ2v) is 8.83. The Morgan fingerprint density at radius 1 is 1.00 bits per heavy atom. The quantitative estimate of drug-likeness (QED) is 0.372. The molecule has 1 saturated carbocycles. The lowest BCUT2D eigenvalue weighted by Crippen LogP contribution is -2.13. The standard InChI is InChI=1S/C28H32N4O/c1-3-4-18-33-26-25(22-14-10-20(2)11-15-22)31-27(23-8-6-5-7-9-23)32-28(26)30-24-16-12-21(19-29)13-17-24/h10-17,23H,3-9,18H2,1-2H3,(H,30,31,32). The zero-order valence-corrected chi connectivity index (χ0v) is 19.6. The number of ether oxygens (including phenoxy) is 1. The number of aromatic nitrogens is 2. The number of aryl methyl sites for hydroxylation is 1. The number of unbranched alkanes of at least 4 members (excludes halogenated alkanes) is 1. The third-order valence-electron chi connectivity index (χ3n) is 6.20. The van der Waals surface area contributed by atoms with Crippen LogP contribution in [0.1, 0.15) is 74.7 Å². The normalized spacial score (nSPS) is 14.0. The van der Waals surface area contributed by atoms with Crippen molar-refractivity contribution in [3.8, 4) is 23.1 Å². The van der Waals surface area contributed by atoms with E-state index < -0.39 is 0 Å². The van der Waals surface area contributed by atoms with Crippen molar-refractivity contribution in [2.45, 2.75) is 64.7 Å². The summed E-state index contributed by atoms with van der Waals surface area (Å²) in [6, 6.07) is 18.1. The monoisotopic (exact) mass is 440 g/mol. The van der Waals surface area contributed by atoms with Crippen molar-refractivity contribution in [1.82, 2.24) is 9.97 Å². The van der Waals surface area contributed by atoms with Crippen LogP contribution in [0, 0.1) is 18.3 Å². The molecular formula is C28H32N4O. The van der Waals surface area contributed by atoms with Gasteiger partial charge in [-0.25, -0.2) is 9.97 Å². The van der Waals surface area contributed by atoms with Gasteiger partial charge < -0.3 is 10.1 Å². The lowest BCUT2D eigenvalue weighted by atomic mass is 9.88. The molecule has 0 spiro atoms. The van der Waals surface area contributed by atoms with Crippen molar-refractivity contribution in [1.29, 1.82) is 5.26 Å². The van der Waals surface area contributed by atoms with Crippen LogP contribution >= 0.6 is 0 Å². The van der Waals surface area contributed by atoms with Crippen molar-refractivity contribution in [2.24, 2.45) is 0 Å². The van der Waals surface area contributed by atoms with Crippen LogP contribution in [-0.2, 0) is 0 Å². The molecule has 3 aromatic rings. The molecule has 1 aromatic heterocycles. The topological polar surface area (TPSA) is 70.8 Å². The average Bonchev–Trinajstić information content (AvgIpc) is 2.86. The summed E-state index contributed by atoms with van der Waals surface area (Å²) in [5, 5.41) is 12.6. The van der Waals surface area contributed by atoms with Crippen LogP contribution in [0.3, 0.4) is 0 Å². The van der Waals surface area contributed by atoms with Crippen molar-refractivity contribution in [3.05, 3.63) is 65.5 Å². The molecule has 1 aliphatic carbocycles. The van der Waals surface area contributed by atoms with Gasteiger partial charge in [0.15, 0.2) is 11.6 Å². The van der Waals surface area contributed by atoms with Crippen molar-refractivity contribution in [2.75, 3.05) is 11.9 Å². The summed E-state index contributed by atoms with van der Waals surface area (Å²) < 4.78 is 6.31. The molecule has 0 radical (unpaired) electrons. The Hall–Kier alpha value is -3.39. The SMILES string of the molecule is CCCCOc1c(Nc2ccc(C#N)cc2)nc(C2CCCCC2)nc1-c1ccc(C)cc1. The van der Waals surface area contributed by atoms with Gasteiger partial charge >= 0.3 is 0 Å². The van der Waals surface area contributed by atoms with Gasteiger partial charge in [-0.15, -0.1) is 0 Å². The molecule has 0 amide bonds. The molecule has 5 nitrogen and oxygen atoms in total. The van der Waals surface area contributed by atoms with Crippen LogP contribution in [0.4, 0.5) is 11.5 Å². The molecule has 170 valence electrons. The number of hydrogen-bond donors (Lipinski definition) is 1. The second kappa shape index (κ2) is 11.0. The predicted molar refractivity (Wildman–Crippen MR) is 133 cm³/mol. The Kier molecular flexibility index (Phi) is 7.57. The highest BCUT2D eigenvalue weighted by Gasteiger charge is 2.24. The van der Waals surface area contributed by atoms with Gasteiger partial charge in [-0.3, -0.25) is 0 Å². The number of nitrogens with zero attached hydrogens (tertiary/aromatic N) is 3. The number of nitrogens with one attached hydrogen (secondary N) is 1. The van der Waals surface area contributed by atoms with Gasteiger partial charge in [0.25, 0.3) is 0 Å². The Morgan fingerprint density at radius 3 is 2.39 bits per heavy atom. The molecule has 0 bridgehead atoms. The molecule has 0 atom stereocenters. The minimum absolute atomic E-state index is 0.370. The first kappa shape index (κ1) is 22.8. The van der Waals surface area contributed by atoms with Gasteiger partial charge in [-0.05, 0) is 50.5 Å².